The highest BCUT2D eigenvalue weighted by atomic mass is 35.5. The molecule has 3 nitrogen and oxygen atoms in total. The fourth-order valence-corrected chi connectivity index (χ4v) is 2.28. The van der Waals surface area contributed by atoms with Crippen LogP contribution in [0.4, 0.5) is 5.69 Å². The highest BCUT2D eigenvalue weighted by Gasteiger charge is 2.26. The summed E-state index contributed by atoms with van der Waals surface area (Å²) >= 11 is 6.09. The van der Waals surface area contributed by atoms with Crippen LogP contribution in [0.5, 0.6) is 0 Å². The molecule has 15 heavy (non-hydrogen) atoms. The zero-order valence-corrected chi connectivity index (χ0v) is 9.29. The lowest BCUT2D eigenvalue weighted by molar-refractivity contribution is -0.116. The Hall–Kier alpha value is -1.06. The van der Waals surface area contributed by atoms with Gasteiger partial charge in [-0.15, -0.1) is 0 Å². The minimum atomic E-state index is -0.0144. The molecule has 0 aliphatic carbocycles. The van der Waals surface area contributed by atoms with Gasteiger partial charge in [-0.3, -0.25) is 4.79 Å². The lowest BCUT2D eigenvalue weighted by Crippen LogP contribution is -2.45. The maximum absolute atomic E-state index is 11.5. The van der Waals surface area contributed by atoms with Gasteiger partial charge < -0.3 is 10.6 Å². The van der Waals surface area contributed by atoms with Gasteiger partial charge in [0.2, 0.25) is 5.91 Å². The Morgan fingerprint density at radius 2 is 2.33 bits per heavy atom. The zero-order valence-electron chi connectivity index (χ0n) is 8.53. The number of para-hydroxylation sites is 1. The predicted octanol–water partition coefficient (Wildman–Crippen LogP) is 1.58. The lowest BCUT2D eigenvalue weighted by atomic mass is 9.98. The standard InChI is InChI=1S/C11H13ClN2O/c1-7(15)14-6-9(13)5-8-3-2-4-10(12)11(8)14/h2-4,9H,5-6,13H2,1H3. The van der Waals surface area contributed by atoms with Gasteiger partial charge in [0, 0.05) is 19.5 Å². The largest absolute Gasteiger partial charge is 0.326 e. The number of carbonyl (C=O) groups is 1. The first kappa shape index (κ1) is 10.5. The Kier molecular flexibility index (Phi) is 2.67. The topological polar surface area (TPSA) is 46.3 Å². The van der Waals surface area contributed by atoms with Crippen LogP contribution in [0.2, 0.25) is 5.02 Å². The minimum Gasteiger partial charge on any atom is -0.326 e. The third kappa shape index (κ3) is 1.85. The molecule has 1 atom stereocenters. The molecular weight excluding hydrogens is 212 g/mol. The van der Waals surface area contributed by atoms with Gasteiger partial charge in [-0.2, -0.15) is 0 Å². The van der Waals surface area contributed by atoms with Crippen LogP contribution in [0.3, 0.4) is 0 Å². The molecule has 2 N–H and O–H groups in total. The van der Waals surface area contributed by atoms with E-state index in [0.717, 1.165) is 17.7 Å². The van der Waals surface area contributed by atoms with Crippen molar-refractivity contribution in [3.05, 3.63) is 28.8 Å². The number of amides is 1. The number of benzene rings is 1. The van der Waals surface area contributed by atoms with Crippen molar-refractivity contribution in [3.63, 3.8) is 0 Å². The van der Waals surface area contributed by atoms with Crippen LogP contribution >= 0.6 is 11.6 Å². The molecule has 1 amide bonds. The Morgan fingerprint density at radius 3 is 3.00 bits per heavy atom. The summed E-state index contributed by atoms with van der Waals surface area (Å²) < 4.78 is 0. The maximum atomic E-state index is 11.5. The fraction of sp³-hybridized carbons (Fsp3) is 0.364. The van der Waals surface area contributed by atoms with E-state index in [-0.39, 0.29) is 11.9 Å². The van der Waals surface area contributed by atoms with Crippen molar-refractivity contribution in [3.8, 4) is 0 Å². The molecule has 1 aromatic rings. The van der Waals surface area contributed by atoms with Crippen LogP contribution in [0, 0.1) is 0 Å². The molecule has 1 unspecified atom stereocenters. The maximum Gasteiger partial charge on any atom is 0.223 e. The second kappa shape index (κ2) is 3.83. The van der Waals surface area contributed by atoms with E-state index in [1.54, 1.807) is 11.0 Å². The zero-order chi connectivity index (χ0) is 11.0. The third-order valence-electron chi connectivity index (χ3n) is 2.62. The first-order valence-electron chi connectivity index (χ1n) is 4.90. The number of nitrogens with zero attached hydrogens (tertiary/aromatic N) is 1. The first-order valence-corrected chi connectivity index (χ1v) is 5.28. The molecule has 0 radical (unpaired) electrons. The van der Waals surface area contributed by atoms with Crippen molar-refractivity contribution in [2.45, 2.75) is 19.4 Å². The smallest absolute Gasteiger partial charge is 0.223 e. The van der Waals surface area contributed by atoms with Gasteiger partial charge >= 0.3 is 0 Å². The molecule has 2 rings (SSSR count). The molecule has 0 fully saturated rings. The normalized spacial score (nSPS) is 19.9. The van der Waals surface area contributed by atoms with E-state index in [2.05, 4.69) is 0 Å². The number of anilines is 1. The number of hydrogen-bond acceptors (Lipinski definition) is 2. The molecule has 1 aliphatic heterocycles. The summed E-state index contributed by atoms with van der Waals surface area (Å²) in [5.74, 6) is -0.0144. The van der Waals surface area contributed by atoms with Gasteiger partial charge in [0.05, 0.1) is 10.7 Å². The average molecular weight is 225 g/mol. The molecule has 0 saturated heterocycles. The van der Waals surface area contributed by atoms with Crippen molar-refractivity contribution >= 4 is 23.2 Å². The number of hydrogen-bond donors (Lipinski definition) is 1. The van der Waals surface area contributed by atoms with Crippen LogP contribution in [0.15, 0.2) is 18.2 Å². The summed E-state index contributed by atoms with van der Waals surface area (Å²) in [6.45, 7) is 2.08. The second-order valence-electron chi connectivity index (χ2n) is 3.84. The van der Waals surface area contributed by atoms with E-state index < -0.39 is 0 Å². The number of fused-ring (bicyclic) bond motifs is 1. The van der Waals surface area contributed by atoms with E-state index >= 15 is 0 Å². The Bertz CT molecular complexity index is 406. The predicted molar refractivity (Wildman–Crippen MR) is 61.2 cm³/mol. The minimum absolute atomic E-state index is 0.000123. The molecular formula is C11H13ClN2O. The van der Waals surface area contributed by atoms with E-state index in [0.29, 0.717) is 11.6 Å². The molecule has 0 aromatic heterocycles. The van der Waals surface area contributed by atoms with Crippen molar-refractivity contribution < 1.29 is 4.79 Å². The summed E-state index contributed by atoms with van der Waals surface area (Å²) in [5, 5.41) is 0.620. The molecule has 0 bridgehead atoms. The fourth-order valence-electron chi connectivity index (χ4n) is 1.99. The molecule has 1 aromatic carbocycles. The van der Waals surface area contributed by atoms with Crippen molar-refractivity contribution in [2.75, 3.05) is 11.4 Å². The summed E-state index contributed by atoms with van der Waals surface area (Å²) in [5.41, 5.74) is 7.77. The van der Waals surface area contributed by atoms with Gasteiger partial charge in [0.15, 0.2) is 0 Å². The van der Waals surface area contributed by atoms with Crippen molar-refractivity contribution in [1.29, 1.82) is 0 Å². The van der Waals surface area contributed by atoms with Gasteiger partial charge in [0.25, 0.3) is 0 Å². The van der Waals surface area contributed by atoms with Gasteiger partial charge in [-0.25, -0.2) is 0 Å². The molecule has 1 heterocycles. The number of nitrogens with two attached hydrogens (primary N) is 1. The Balaban J connectivity index is 2.52. The summed E-state index contributed by atoms with van der Waals surface area (Å²) in [7, 11) is 0. The van der Waals surface area contributed by atoms with E-state index in [4.69, 9.17) is 17.3 Å². The molecule has 0 spiro atoms. The molecule has 80 valence electrons. The lowest BCUT2D eigenvalue weighted by Gasteiger charge is -2.32. The van der Waals surface area contributed by atoms with Crippen LogP contribution in [0.1, 0.15) is 12.5 Å². The quantitative estimate of drug-likeness (QED) is 0.727. The van der Waals surface area contributed by atoms with Gasteiger partial charge in [0.1, 0.15) is 0 Å². The monoisotopic (exact) mass is 224 g/mol. The van der Waals surface area contributed by atoms with Gasteiger partial charge in [-0.1, -0.05) is 23.7 Å². The van der Waals surface area contributed by atoms with Crippen LogP contribution < -0.4 is 10.6 Å². The van der Waals surface area contributed by atoms with E-state index in [1.165, 1.54) is 6.92 Å². The van der Waals surface area contributed by atoms with Crippen molar-refractivity contribution in [1.82, 2.24) is 0 Å². The van der Waals surface area contributed by atoms with Crippen molar-refractivity contribution in [2.24, 2.45) is 5.73 Å². The van der Waals surface area contributed by atoms with Gasteiger partial charge in [-0.05, 0) is 18.1 Å². The van der Waals surface area contributed by atoms with Crippen LogP contribution in [0.25, 0.3) is 0 Å². The summed E-state index contributed by atoms with van der Waals surface area (Å²) in [4.78, 5) is 13.1. The summed E-state index contributed by atoms with van der Waals surface area (Å²) in [6.07, 6.45) is 0.777. The van der Waals surface area contributed by atoms with E-state index in [9.17, 15) is 4.79 Å². The van der Waals surface area contributed by atoms with E-state index in [1.807, 2.05) is 12.1 Å². The Labute approximate surface area is 93.8 Å². The van der Waals surface area contributed by atoms with Crippen LogP contribution in [-0.2, 0) is 11.2 Å². The third-order valence-corrected chi connectivity index (χ3v) is 2.92. The molecule has 0 saturated carbocycles. The highest BCUT2D eigenvalue weighted by molar-refractivity contribution is 6.34. The molecule has 1 aliphatic rings. The average Bonchev–Trinajstić information content (AvgIpc) is 2.16. The van der Waals surface area contributed by atoms with Crippen LogP contribution in [-0.4, -0.2) is 18.5 Å². The molecule has 4 heteroatoms. The summed E-state index contributed by atoms with van der Waals surface area (Å²) in [6, 6.07) is 5.65. The number of carbonyl (C=O) groups excluding carboxylic acids is 1. The highest BCUT2D eigenvalue weighted by Crippen LogP contribution is 2.33. The second-order valence-corrected chi connectivity index (χ2v) is 4.25. The Morgan fingerprint density at radius 1 is 1.60 bits per heavy atom. The SMILES string of the molecule is CC(=O)N1CC(N)Cc2cccc(Cl)c21. The first-order chi connectivity index (χ1) is 7.09. The number of rotatable bonds is 0. The number of halogens is 1.